The highest BCUT2D eigenvalue weighted by atomic mass is 16.5. The van der Waals surface area contributed by atoms with Crippen LogP contribution in [0.3, 0.4) is 0 Å². The summed E-state index contributed by atoms with van der Waals surface area (Å²) in [6.45, 7) is 4.53. The van der Waals surface area contributed by atoms with Gasteiger partial charge in [-0.3, -0.25) is 9.59 Å². The number of carbonyl (C=O) groups excluding carboxylic acids is 2. The van der Waals surface area contributed by atoms with E-state index in [9.17, 15) is 9.59 Å². The summed E-state index contributed by atoms with van der Waals surface area (Å²) < 4.78 is 11.0. The van der Waals surface area contributed by atoms with Crippen LogP contribution < -0.4 is 19.3 Å². The molecule has 7 aromatic rings. The first kappa shape index (κ1) is 35.1. The van der Waals surface area contributed by atoms with Crippen LogP contribution in [0.1, 0.15) is 70.4 Å². The number of ether oxygens (including phenoxy) is 2. The van der Waals surface area contributed by atoms with Gasteiger partial charge in [0.15, 0.2) is 0 Å². The van der Waals surface area contributed by atoms with Gasteiger partial charge >= 0.3 is 0 Å². The molecule has 0 saturated heterocycles. The lowest BCUT2D eigenvalue weighted by Gasteiger charge is -2.29. The van der Waals surface area contributed by atoms with Crippen LogP contribution in [0.2, 0.25) is 0 Å². The van der Waals surface area contributed by atoms with Gasteiger partial charge in [0.25, 0.3) is 11.8 Å². The molecule has 6 heteroatoms. The first-order valence-corrected chi connectivity index (χ1v) is 19.3. The normalized spacial score (nSPS) is 14.1. The smallest absolute Gasteiger partial charge is 0.265 e. The first-order valence-electron chi connectivity index (χ1n) is 19.3. The molecule has 0 aliphatic carbocycles. The molecular formula is C50H42N2O4. The highest BCUT2D eigenvalue weighted by Crippen LogP contribution is 2.51. The number of anilines is 4. The molecule has 0 spiro atoms. The zero-order valence-corrected chi connectivity index (χ0v) is 32.0. The number of imide groups is 1. The maximum atomic E-state index is 13.8. The fraction of sp³-hybridized carbons (Fsp3) is 0.160. The lowest BCUT2D eigenvalue weighted by atomic mass is 9.83. The van der Waals surface area contributed by atoms with Crippen LogP contribution in [0.4, 0.5) is 22.7 Å². The van der Waals surface area contributed by atoms with E-state index in [1.807, 2.05) is 36.4 Å². The lowest BCUT2D eigenvalue weighted by molar-refractivity contribution is 0.0893. The van der Waals surface area contributed by atoms with Gasteiger partial charge in [-0.2, -0.15) is 0 Å². The minimum Gasteiger partial charge on any atom is -0.497 e. The first-order chi connectivity index (χ1) is 27.4. The summed E-state index contributed by atoms with van der Waals surface area (Å²) in [5.74, 6) is 1.35. The molecule has 0 aromatic heterocycles. The Morgan fingerprint density at radius 2 is 1.12 bits per heavy atom. The van der Waals surface area contributed by atoms with E-state index in [0.29, 0.717) is 33.9 Å². The van der Waals surface area contributed by atoms with E-state index in [1.165, 1.54) is 32.7 Å². The molecule has 2 heterocycles. The molecule has 0 N–H and O–H groups in total. The van der Waals surface area contributed by atoms with E-state index in [0.717, 1.165) is 46.6 Å². The van der Waals surface area contributed by atoms with Crippen molar-refractivity contribution in [3.8, 4) is 33.8 Å². The van der Waals surface area contributed by atoms with Crippen LogP contribution in [-0.4, -0.2) is 26.0 Å². The molecule has 2 atom stereocenters. The maximum Gasteiger partial charge on any atom is 0.265 e. The third-order valence-corrected chi connectivity index (χ3v) is 11.7. The molecule has 0 radical (unpaired) electrons. The highest BCUT2D eigenvalue weighted by Gasteiger charge is 2.35. The molecule has 9 rings (SSSR count). The van der Waals surface area contributed by atoms with Crippen LogP contribution >= 0.6 is 0 Å². The van der Waals surface area contributed by atoms with E-state index in [1.54, 1.807) is 32.4 Å². The van der Waals surface area contributed by atoms with Crippen molar-refractivity contribution in [1.29, 1.82) is 0 Å². The van der Waals surface area contributed by atoms with Crippen molar-refractivity contribution in [3.05, 3.63) is 168 Å². The number of carbonyl (C=O) groups is 2. The standard InChI is InChI=1S/C50H42N2O4/c1-5-32(29-31(2)33-17-20-36(21-18-33)52-49(53)42-15-10-14-41-47(56-4)28-26-43(48(41)42)50(52)54)34-19-27-46-44(30-34)39-12-7-6-11-38(39)40-13-8-9-16-45(40)51(46)35-22-24-37(55-3)25-23-35/h6-28,30-32H,5,29H2,1-4H3. The summed E-state index contributed by atoms with van der Waals surface area (Å²) in [5.41, 5.74) is 12.2. The van der Waals surface area contributed by atoms with Gasteiger partial charge in [0.05, 0.1) is 31.3 Å². The van der Waals surface area contributed by atoms with Crippen molar-refractivity contribution in [2.24, 2.45) is 0 Å². The molecule has 2 aliphatic rings. The molecule has 6 nitrogen and oxygen atoms in total. The largest absolute Gasteiger partial charge is 0.497 e. The van der Waals surface area contributed by atoms with Gasteiger partial charge in [0.1, 0.15) is 11.5 Å². The Balaban J connectivity index is 1.02. The summed E-state index contributed by atoms with van der Waals surface area (Å²) in [4.78, 5) is 31.3. The molecule has 0 fully saturated rings. The summed E-state index contributed by atoms with van der Waals surface area (Å²) in [7, 11) is 3.29. The number of rotatable bonds is 9. The zero-order valence-electron chi connectivity index (χ0n) is 32.0. The van der Waals surface area contributed by atoms with Crippen molar-refractivity contribution < 1.29 is 19.1 Å². The molecule has 2 unspecified atom stereocenters. The minimum absolute atomic E-state index is 0.231. The van der Waals surface area contributed by atoms with Crippen molar-refractivity contribution in [1.82, 2.24) is 0 Å². The highest BCUT2D eigenvalue weighted by molar-refractivity contribution is 6.36. The number of nitrogens with zero attached hydrogens (tertiary/aromatic N) is 2. The topological polar surface area (TPSA) is 59.1 Å². The summed E-state index contributed by atoms with van der Waals surface area (Å²) >= 11 is 0. The zero-order chi connectivity index (χ0) is 38.5. The Kier molecular flexibility index (Phi) is 8.89. The summed E-state index contributed by atoms with van der Waals surface area (Å²) in [6, 6.07) is 49.6. The van der Waals surface area contributed by atoms with E-state index < -0.39 is 0 Å². The van der Waals surface area contributed by atoms with Gasteiger partial charge in [0.2, 0.25) is 0 Å². The van der Waals surface area contributed by atoms with E-state index in [4.69, 9.17) is 9.47 Å². The summed E-state index contributed by atoms with van der Waals surface area (Å²) in [5, 5.41) is 1.41. The second-order valence-corrected chi connectivity index (χ2v) is 14.7. The molecule has 276 valence electrons. The van der Waals surface area contributed by atoms with Crippen molar-refractivity contribution in [2.45, 2.75) is 38.5 Å². The van der Waals surface area contributed by atoms with Crippen molar-refractivity contribution >= 4 is 45.3 Å². The molecule has 2 amide bonds. The van der Waals surface area contributed by atoms with Crippen LogP contribution in [-0.2, 0) is 0 Å². The molecular weight excluding hydrogens is 693 g/mol. The Bertz CT molecular complexity index is 2630. The summed E-state index contributed by atoms with van der Waals surface area (Å²) in [6.07, 6.45) is 1.93. The molecule has 0 saturated carbocycles. The number of amides is 2. The molecule has 7 aromatic carbocycles. The van der Waals surface area contributed by atoms with Crippen LogP contribution in [0.15, 0.2) is 146 Å². The molecule has 0 bridgehead atoms. The van der Waals surface area contributed by atoms with E-state index >= 15 is 0 Å². The lowest BCUT2D eigenvalue weighted by Crippen LogP contribution is -2.40. The maximum absolute atomic E-state index is 13.8. The predicted octanol–water partition coefficient (Wildman–Crippen LogP) is 12.5. The quantitative estimate of drug-likeness (QED) is 0.138. The Hall–Kier alpha value is -6.66. The SMILES string of the molecule is CCC(CC(C)c1ccc(N2C(=O)c3cccc4c(OC)ccc(c34)C2=O)cc1)c1ccc2c(c1)-c1ccccc1-c1ccccc1N2c1ccc(OC)cc1. The van der Waals surface area contributed by atoms with Gasteiger partial charge in [-0.15, -0.1) is 0 Å². The second-order valence-electron chi connectivity index (χ2n) is 14.7. The fourth-order valence-electron chi connectivity index (χ4n) is 8.74. The average Bonchev–Trinajstić information content (AvgIpc) is 3.37. The number of benzene rings is 7. The average molecular weight is 735 g/mol. The molecule has 2 aliphatic heterocycles. The fourth-order valence-corrected chi connectivity index (χ4v) is 8.74. The number of fused-ring (bicyclic) bond motifs is 5. The number of methoxy groups -OCH3 is 2. The second kappa shape index (κ2) is 14.2. The predicted molar refractivity (Wildman–Crippen MR) is 226 cm³/mol. The van der Waals surface area contributed by atoms with Crippen molar-refractivity contribution in [3.63, 3.8) is 0 Å². The molecule has 56 heavy (non-hydrogen) atoms. The number of hydrogen-bond acceptors (Lipinski definition) is 5. The number of hydrogen-bond donors (Lipinski definition) is 0. The van der Waals surface area contributed by atoms with Gasteiger partial charge in [0, 0.05) is 38.7 Å². The third-order valence-electron chi connectivity index (χ3n) is 11.7. The number of para-hydroxylation sites is 1. The monoisotopic (exact) mass is 734 g/mol. The van der Waals surface area contributed by atoms with Crippen LogP contribution in [0.25, 0.3) is 33.0 Å². The van der Waals surface area contributed by atoms with Crippen LogP contribution in [0, 0.1) is 0 Å². The van der Waals surface area contributed by atoms with Crippen LogP contribution in [0.5, 0.6) is 11.5 Å². The van der Waals surface area contributed by atoms with Gasteiger partial charge in [-0.1, -0.05) is 86.6 Å². The Morgan fingerprint density at radius 3 is 1.82 bits per heavy atom. The minimum atomic E-state index is -0.327. The Morgan fingerprint density at radius 1 is 0.536 bits per heavy atom. The Labute approximate surface area is 327 Å². The van der Waals surface area contributed by atoms with Gasteiger partial charge < -0.3 is 14.4 Å². The van der Waals surface area contributed by atoms with Gasteiger partial charge in [-0.05, 0) is 120 Å². The van der Waals surface area contributed by atoms with E-state index in [2.05, 4.69) is 110 Å². The third kappa shape index (κ3) is 5.72. The van der Waals surface area contributed by atoms with Crippen molar-refractivity contribution in [2.75, 3.05) is 24.0 Å². The van der Waals surface area contributed by atoms with E-state index in [-0.39, 0.29) is 17.7 Å². The van der Waals surface area contributed by atoms with Gasteiger partial charge in [-0.25, -0.2) is 4.90 Å².